The van der Waals surface area contributed by atoms with E-state index in [2.05, 4.69) is 5.92 Å². The molecule has 3 nitrogen and oxygen atoms in total. The molecule has 3 heteroatoms. The van der Waals surface area contributed by atoms with E-state index in [1.807, 2.05) is 24.3 Å². The summed E-state index contributed by atoms with van der Waals surface area (Å²) in [6, 6.07) is 7.69. The standard InChI is InChI=1S/C14H14O3/c1-3-8-17-11-6-4-10(5-7-11)12-9-13(12)14(15)16-2/h1,4-7,12-13H,8-9H2,2H3. The molecule has 88 valence electrons. The lowest BCUT2D eigenvalue weighted by Gasteiger charge is -2.04. The molecule has 0 aromatic heterocycles. The van der Waals surface area contributed by atoms with Crippen molar-refractivity contribution < 1.29 is 14.3 Å². The van der Waals surface area contributed by atoms with Gasteiger partial charge in [-0.2, -0.15) is 0 Å². The first-order valence-corrected chi connectivity index (χ1v) is 5.50. The second-order valence-electron chi connectivity index (χ2n) is 4.03. The zero-order valence-corrected chi connectivity index (χ0v) is 9.68. The van der Waals surface area contributed by atoms with Crippen LogP contribution in [0.3, 0.4) is 0 Å². The zero-order valence-electron chi connectivity index (χ0n) is 9.68. The number of terminal acetylenes is 1. The number of hydrogen-bond acceptors (Lipinski definition) is 3. The second kappa shape index (κ2) is 4.92. The molecule has 1 aromatic carbocycles. The SMILES string of the molecule is C#CCOc1ccc(C2CC2C(=O)OC)cc1. The molecule has 1 fully saturated rings. The van der Waals surface area contributed by atoms with Crippen LogP contribution in [0.5, 0.6) is 5.75 Å². The molecule has 0 heterocycles. The van der Waals surface area contributed by atoms with Crippen molar-refractivity contribution in [1.29, 1.82) is 0 Å². The van der Waals surface area contributed by atoms with Crippen molar-refractivity contribution in [3.8, 4) is 18.1 Å². The topological polar surface area (TPSA) is 35.5 Å². The predicted molar refractivity (Wildman–Crippen MR) is 63.6 cm³/mol. The number of benzene rings is 1. The minimum absolute atomic E-state index is 0.0254. The number of ether oxygens (including phenoxy) is 2. The minimum Gasteiger partial charge on any atom is -0.481 e. The van der Waals surface area contributed by atoms with E-state index >= 15 is 0 Å². The summed E-state index contributed by atoms with van der Waals surface area (Å²) in [5, 5.41) is 0. The van der Waals surface area contributed by atoms with Crippen LogP contribution in [0.25, 0.3) is 0 Å². The van der Waals surface area contributed by atoms with Crippen LogP contribution in [0.15, 0.2) is 24.3 Å². The Bertz CT molecular complexity index is 442. The highest BCUT2D eigenvalue weighted by atomic mass is 16.5. The Kier molecular flexibility index (Phi) is 3.34. The number of methoxy groups -OCH3 is 1. The first kappa shape index (κ1) is 11.5. The summed E-state index contributed by atoms with van der Waals surface area (Å²) in [4.78, 5) is 11.3. The van der Waals surface area contributed by atoms with Gasteiger partial charge in [-0.05, 0) is 30.0 Å². The van der Waals surface area contributed by atoms with Crippen molar-refractivity contribution >= 4 is 5.97 Å². The fourth-order valence-electron chi connectivity index (χ4n) is 1.91. The maximum absolute atomic E-state index is 11.3. The molecule has 2 atom stereocenters. The summed E-state index contributed by atoms with van der Waals surface area (Å²) >= 11 is 0. The Hall–Kier alpha value is -1.95. The van der Waals surface area contributed by atoms with Gasteiger partial charge in [0.05, 0.1) is 13.0 Å². The molecular weight excluding hydrogens is 216 g/mol. The van der Waals surface area contributed by atoms with Crippen molar-refractivity contribution in [3.63, 3.8) is 0 Å². The molecule has 1 aliphatic rings. The first-order valence-electron chi connectivity index (χ1n) is 5.50. The molecule has 17 heavy (non-hydrogen) atoms. The van der Waals surface area contributed by atoms with Crippen molar-refractivity contribution in [2.24, 2.45) is 5.92 Å². The van der Waals surface area contributed by atoms with E-state index in [9.17, 15) is 4.79 Å². The molecule has 0 bridgehead atoms. The molecule has 1 aromatic rings. The van der Waals surface area contributed by atoms with E-state index < -0.39 is 0 Å². The molecule has 0 radical (unpaired) electrons. The minimum atomic E-state index is -0.123. The van der Waals surface area contributed by atoms with Gasteiger partial charge in [0.25, 0.3) is 0 Å². The molecule has 2 rings (SSSR count). The summed E-state index contributed by atoms with van der Waals surface area (Å²) in [6.07, 6.45) is 5.98. The highest BCUT2D eigenvalue weighted by Crippen LogP contribution is 2.48. The maximum Gasteiger partial charge on any atom is 0.309 e. The predicted octanol–water partition coefficient (Wildman–Crippen LogP) is 1.98. The Morgan fingerprint density at radius 1 is 1.47 bits per heavy atom. The first-order chi connectivity index (χ1) is 8.26. The number of esters is 1. The molecule has 0 N–H and O–H groups in total. The average Bonchev–Trinajstić information content (AvgIpc) is 3.16. The third-order valence-electron chi connectivity index (χ3n) is 2.92. The molecule has 0 spiro atoms. The molecule has 0 saturated heterocycles. The van der Waals surface area contributed by atoms with Crippen LogP contribution in [0.1, 0.15) is 17.9 Å². The van der Waals surface area contributed by atoms with E-state index in [0.29, 0.717) is 5.92 Å². The summed E-state index contributed by atoms with van der Waals surface area (Å²) in [6.45, 7) is 0.271. The number of hydrogen-bond donors (Lipinski definition) is 0. The molecule has 0 aliphatic heterocycles. The molecule has 1 saturated carbocycles. The second-order valence-corrected chi connectivity index (χ2v) is 4.03. The van der Waals surface area contributed by atoms with E-state index in [4.69, 9.17) is 15.9 Å². The highest BCUT2D eigenvalue weighted by molar-refractivity contribution is 5.77. The number of carbonyl (C=O) groups is 1. The highest BCUT2D eigenvalue weighted by Gasteiger charge is 2.44. The lowest BCUT2D eigenvalue weighted by molar-refractivity contribution is -0.142. The fraction of sp³-hybridized carbons (Fsp3) is 0.357. The van der Waals surface area contributed by atoms with E-state index in [-0.39, 0.29) is 18.5 Å². The summed E-state index contributed by atoms with van der Waals surface area (Å²) in [5.41, 5.74) is 1.15. The van der Waals surface area contributed by atoms with Crippen LogP contribution >= 0.6 is 0 Å². The van der Waals surface area contributed by atoms with Crippen LogP contribution in [0.4, 0.5) is 0 Å². The third-order valence-corrected chi connectivity index (χ3v) is 2.92. The van der Waals surface area contributed by atoms with Crippen molar-refractivity contribution in [1.82, 2.24) is 0 Å². The largest absolute Gasteiger partial charge is 0.481 e. The Balaban J connectivity index is 1.96. The molecular formula is C14H14O3. The van der Waals surface area contributed by atoms with Gasteiger partial charge in [0, 0.05) is 0 Å². The van der Waals surface area contributed by atoms with Gasteiger partial charge in [0.15, 0.2) is 0 Å². The van der Waals surface area contributed by atoms with Gasteiger partial charge < -0.3 is 9.47 Å². The monoisotopic (exact) mass is 230 g/mol. The van der Waals surface area contributed by atoms with Gasteiger partial charge in [-0.1, -0.05) is 18.1 Å². The van der Waals surface area contributed by atoms with Crippen LogP contribution < -0.4 is 4.74 Å². The van der Waals surface area contributed by atoms with E-state index in [0.717, 1.165) is 17.7 Å². The Morgan fingerprint density at radius 2 is 2.18 bits per heavy atom. The molecule has 1 aliphatic carbocycles. The van der Waals surface area contributed by atoms with Gasteiger partial charge in [-0.3, -0.25) is 4.79 Å². The summed E-state index contributed by atoms with van der Waals surface area (Å²) < 4.78 is 9.99. The quantitative estimate of drug-likeness (QED) is 0.586. The van der Waals surface area contributed by atoms with Crippen LogP contribution in [-0.4, -0.2) is 19.7 Å². The number of rotatable bonds is 4. The third kappa shape index (κ3) is 2.59. The fourth-order valence-corrected chi connectivity index (χ4v) is 1.91. The maximum atomic E-state index is 11.3. The van der Waals surface area contributed by atoms with Crippen molar-refractivity contribution in [2.75, 3.05) is 13.7 Å². The van der Waals surface area contributed by atoms with Crippen molar-refractivity contribution in [2.45, 2.75) is 12.3 Å². The lowest BCUT2D eigenvalue weighted by Crippen LogP contribution is -2.03. The Labute approximate surface area is 101 Å². The van der Waals surface area contributed by atoms with Crippen LogP contribution in [0.2, 0.25) is 0 Å². The summed E-state index contributed by atoms with van der Waals surface area (Å²) in [5.74, 6) is 3.36. The molecule has 0 amide bonds. The number of carbonyl (C=O) groups excluding carboxylic acids is 1. The van der Waals surface area contributed by atoms with Gasteiger partial charge in [-0.15, -0.1) is 6.42 Å². The Morgan fingerprint density at radius 3 is 2.76 bits per heavy atom. The van der Waals surface area contributed by atoms with Gasteiger partial charge in [0.1, 0.15) is 12.4 Å². The molecule has 2 unspecified atom stereocenters. The lowest BCUT2D eigenvalue weighted by atomic mass is 10.1. The van der Waals surface area contributed by atoms with Crippen LogP contribution in [0, 0.1) is 18.3 Å². The van der Waals surface area contributed by atoms with Gasteiger partial charge in [-0.25, -0.2) is 0 Å². The van der Waals surface area contributed by atoms with Crippen molar-refractivity contribution in [3.05, 3.63) is 29.8 Å². The average molecular weight is 230 g/mol. The zero-order chi connectivity index (χ0) is 12.3. The normalized spacial score (nSPS) is 21.4. The van der Waals surface area contributed by atoms with E-state index in [1.165, 1.54) is 7.11 Å². The smallest absolute Gasteiger partial charge is 0.309 e. The van der Waals surface area contributed by atoms with Crippen LogP contribution in [-0.2, 0) is 9.53 Å². The van der Waals surface area contributed by atoms with Gasteiger partial charge >= 0.3 is 5.97 Å². The van der Waals surface area contributed by atoms with Gasteiger partial charge in [0.2, 0.25) is 0 Å². The summed E-state index contributed by atoms with van der Waals surface area (Å²) in [7, 11) is 1.43. The van der Waals surface area contributed by atoms with E-state index in [1.54, 1.807) is 0 Å².